The average Bonchev–Trinajstić information content (AvgIpc) is 4.00. The molecule has 1 aliphatic carbocycles. The zero-order valence-electron chi connectivity index (χ0n) is 40.0. The number of para-hydroxylation sites is 1. The normalized spacial score (nSPS) is 12.5. The van der Waals surface area contributed by atoms with Crippen LogP contribution in [0.3, 0.4) is 0 Å². The van der Waals surface area contributed by atoms with Gasteiger partial charge in [-0.2, -0.15) is 0 Å². The number of benzene rings is 12. The maximum absolute atomic E-state index is 6.33. The zero-order valence-corrected chi connectivity index (χ0v) is 40.0. The minimum absolute atomic E-state index is 0.470. The van der Waals surface area contributed by atoms with Gasteiger partial charge in [0.1, 0.15) is 11.2 Å². The van der Waals surface area contributed by atoms with E-state index in [0.717, 1.165) is 50.1 Å². The van der Waals surface area contributed by atoms with Gasteiger partial charge in [-0.3, -0.25) is 0 Å². The molecule has 0 atom stereocenters. The second-order valence-electron chi connectivity index (χ2n) is 19.1. The lowest BCUT2D eigenvalue weighted by Gasteiger charge is -2.34. The third-order valence-corrected chi connectivity index (χ3v) is 15.2. The molecule has 0 radical (unpaired) electrons. The van der Waals surface area contributed by atoms with E-state index in [2.05, 4.69) is 278 Å². The number of fused-ring (bicyclic) bond motifs is 7. The molecule has 1 aromatic heterocycles. The lowest BCUT2D eigenvalue weighted by molar-refractivity contribution is 0.669. The summed E-state index contributed by atoms with van der Waals surface area (Å²) >= 11 is 0. The first-order valence-electron chi connectivity index (χ1n) is 25.2. The van der Waals surface area contributed by atoms with Gasteiger partial charge in [0.15, 0.2) is 0 Å². The Balaban J connectivity index is 0.901. The van der Waals surface area contributed by atoms with Crippen LogP contribution in [0, 0.1) is 0 Å². The van der Waals surface area contributed by atoms with Crippen LogP contribution >= 0.6 is 0 Å². The van der Waals surface area contributed by atoms with E-state index in [4.69, 9.17) is 4.42 Å². The Bertz CT molecular complexity index is 4120. The van der Waals surface area contributed by atoms with Gasteiger partial charge in [-0.15, -0.1) is 0 Å². The van der Waals surface area contributed by atoms with Crippen molar-refractivity contribution < 1.29 is 4.42 Å². The highest BCUT2D eigenvalue weighted by Crippen LogP contribution is 2.58. The summed E-state index contributed by atoms with van der Waals surface area (Å²) in [5, 5.41) is 4.64. The number of hydrogen-bond acceptors (Lipinski definition) is 2. The molecular weight excluding hydrogens is 883 g/mol. The lowest BCUT2D eigenvalue weighted by atomic mass is 9.67. The largest absolute Gasteiger partial charge is 0.456 e. The average molecular weight is 930 g/mol. The van der Waals surface area contributed by atoms with Crippen molar-refractivity contribution in [2.24, 2.45) is 0 Å². The van der Waals surface area contributed by atoms with Gasteiger partial charge in [-0.05, 0) is 132 Å². The van der Waals surface area contributed by atoms with Gasteiger partial charge in [0.05, 0.1) is 11.1 Å². The van der Waals surface area contributed by atoms with E-state index in [9.17, 15) is 0 Å². The van der Waals surface area contributed by atoms with E-state index in [-0.39, 0.29) is 0 Å². The number of hydrogen-bond donors (Lipinski definition) is 0. The van der Waals surface area contributed by atoms with Crippen molar-refractivity contribution >= 4 is 49.8 Å². The topological polar surface area (TPSA) is 16.4 Å². The maximum Gasteiger partial charge on any atom is 0.136 e. The fourth-order valence-corrected chi connectivity index (χ4v) is 11.9. The molecule has 0 fully saturated rings. The van der Waals surface area contributed by atoms with Crippen molar-refractivity contribution in [2.45, 2.75) is 5.41 Å². The first-order chi connectivity index (χ1) is 36.2. The minimum Gasteiger partial charge on any atom is -0.456 e. The van der Waals surface area contributed by atoms with Crippen LogP contribution in [-0.2, 0) is 5.41 Å². The van der Waals surface area contributed by atoms with Crippen molar-refractivity contribution in [3.63, 3.8) is 0 Å². The Morgan fingerprint density at radius 2 is 0.753 bits per heavy atom. The molecule has 1 heterocycles. The molecule has 0 spiro atoms. The molecule has 342 valence electrons. The predicted octanol–water partition coefficient (Wildman–Crippen LogP) is 19.2. The minimum atomic E-state index is -0.470. The third-order valence-electron chi connectivity index (χ3n) is 15.2. The summed E-state index contributed by atoms with van der Waals surface area (Å²) in [5.41, 5.74) is 21.7. The third kappa shape index (κ3) is 6.94. The molecule has 12 aromatic carbocycles. The highest BCUT2D eigenvalue weighted by Gasteiger charge is 2.46. The maximum atomic E-state index is 6.33. The van der Waals surface area contributed by atoms with Crippen molar-refractivity contribution in [2.75, 3.05) is 4.90 Å². The Morgan fingerprint density at radius 1 is 0.274 bits per heavy atom. The van der Waals surface area contributed by atoms with Crippen molar-refractivity contribution in [3.8, 4) is 55.6 Å². The summed E-state index contributed by atoms with van der Waals surface area (Å²) in [4.78, 5) is 2.42. The molecule has 0 saturated carbocycles. The van der Waals surface area contributed by atoms with Crippen molar-refractivity contribution in [3.05, 3.63) is 307 Å². The van der Waals surface area contributed by atoms with E-state index in [1.807, 2.05) is 12.1 Å². The molecular formula is C71H47NO. The Hall–Kier alpha value is -9.50. The zero-order chi connectivity index (χ0) is 48.3. The predicted molar refractivity (Wildman–Crippen MR) is 305 cm³/mol. The number of nitrogens with zero attached hydrogens (tertiary/aromatic N) is 1. The van der Waals surface area contributed by atoms with Crippen LogP contribution in [0.25, 0.3) is 88.3 Å². The van der Waals surface area contributed by atoms with Crippen LogP contribution in [0.15, 0.2) is 290 Å². The van der Waals surface area contributed by atoms with Crippen LogP contribution in [-0.4, -0.2) is 0 Å². The van der Waals surface area contributed by atoms with Gasteiger partial charge in [0.25, 0.3) is 0 Å². The fourth-order valence-electron chi connectivity index (χ4n) is 11.9. The summed E-state index contributed by atoms with van der Waals surface area (Å²) in [6.07, 6.45) is 0. The van der Waals surface area contributed by atoms with Gasteiger partial charge in [-0.25, -0.2) is 0 Å². The van der Waals surface area contributed by atoms with Crippen molar-refractivity contribution in [1.29, 1.82) is 0 Å². The summed E-state index contributed by atoms with van der Waals surface area (Å²) in [6.45, 7) is 0. The Morgan fingerprint density at radius 3 is 1.47 bits per heavy atom. The van der Waals surface area contributed by atoms with Crippen LogP contribution in [0.5, 0.6) is 0 Å². The molecule has 0 N–H and O–H groups in total. The van der Waals surface area contributed by atoms with E-state index in [1.54, 1.807) is 0 Å². The van der Waals surface area contributed by atoms with Crippen molar-refractivity contribution in [1.82, 2.24) is 0 Å². The van der Waals surface area contributed by atoms with Gasteiger partial charge in [-0.1, -0.05) is 237 Å². The van der Waals surface area contributed by atoms with Crippen LogP contribution in [0.2, 0.25) is 0 Å². The lowest BCUT2D eigenvalue weighted by Crippen LogP contribution is -2.28. The van der Waals surface area contributed by atoms with Crippen LogP contribution < -0.4 is 4.90 Å². The molecule has 14 rings (SSSR count). The SMILES string of the molecule is c1ccc(-c2ccc(-c3ccc(N(c4ccc(-c5ccc6c(c5)oc5ccccc56)cc4)c4ccc(-c5cccc6c5-c5ccccc5C6(c5ccccc5)c5ccccc5)cc4)c4ccccc34)cc2)cc1. The fraction of sp³-hybridized carbons (Fsp3) is 0.0141. The standard InChI is InChI=1S/C71H47NO/c1-4-17-48(18-5-1)49-31-33-51(34-32-49)58-45-46-67(61-24-11-10-23-60(58)61)72(56-40-35-50(36-41-56)53-39-44-63-62-25-13-15-30-68(62)73-69(63)47-53)57-42-37-52(38-43-57)59-27-16-29-66-70(59)64-26-12-14-28-65(64)71(66,54-19-6-2-7-20-54)55-21-8-3-9-22-55/h1-47H. The molecule has 0 aliphatic heterocycles. The number of rotatable bonds is 9. The first-order valence-corrected chi connectivity index (χ1v) is 25.2. The highest BCUT2D eigenvalue weighted by atomic mass is 16.3. The van der Waals surface area contributed by atoms with E-state index in [1.165, 1.54) is 77.5 Å². The molecule has 0 amide bonds. The van der Waals surface area contributed by atoms with Crippen LogP contribution in [0.4, 0.5) is 17.1 Å². The summed E-state index contributed by atoms with van der Waals surface area (Å²) in [7, 11) is 0. The van der Waals surface area contributed by atoms with E-state index >= 15 is 0 Å². The van der Waals surface area contributed by atoms with E-state index in [0.29, 0.717) is 0 Å². The monoisotopic (exact) mass is 929 g/mol. The Kier molecular flexibility index (Phi) is 10.1. The molecule has 0 saturated heterocycles. The first kappa shape index (κ1) is 42.4. The molecule has 0 bridgehead atoms. The molecule has 73 heavy (non-hydrogen) atoms. The summed E-state index contributed by atoms with van der Waals surface area (Å²) in [6, 6.07) is 104. The summed E-state index contributed by atoms with van der Waals surface area (Å²) in [5.74, 6) is 0. The van der Waals surface area contributed by atoms with Gasteiger partial charge >= 0.3 is 0 Å². The number of anilines is 3. The van der Waals surface area contributed by atoms with Gasteiger partial charge < -0.3 is 9.32 Å². The smallest absolute Gasteiger partial charge is 0.136 e. The van der Waals surface area contributed by atoms with Crippen LogP contribution in [0.1, 0.15) is 22.3 Å². The molecule has 13 aromatic rings. The highest BCUT2D eigenvalue weighted by molar-refractivity contribution is 6.08. The van der Waals surface area contributed by atoms with Gasteiger partial charge in [0, 0.05) is 27.5 Å². The molecule has 1 aliphatic rings. The van der Waals surface area contributed by atoms with Gasteiger partial charge in [0.2, 0.25) is 0 Å². The molecule has 2 heteroatoms. The Labute approximate surface area is 425 Å². The summed E-state index contributed by atoms with van der Waals surface area (Å²) < 4.78 is 6.33. The second kappa shape index (κ2) is 17.4. The number of furan rings is 1. The second-order valence-corrected chi connectivity index (χ2v) is 19.1. The molecule has 2 nitrogen and oxygen atoms in total. The quantitative estimate of drug-likeness (QED) is 0.143. The van der Waals surface area contributed by atoms with E-state index < -0.39 is 5.41 Å². The molecule has 0 unspecified atom stereocenters.